The molecule has 0 aliphatic rings. The maximum absolute atomic E-state index is 13.7. The van der Waals surface area contributed by atoms with E-state index in [9.17, 15) is 31.5 Å². The first-order chi connectivity index (χ1) is 15.0. The van der Waals surface area contributed by atoms with Crippen LogP contribution in [0.2, 0.25) is 0 Å². The number of rotatable bonds is 6. The standard InChI is InChI=1S/C21H19F5N4O2/c1-3-29(4-2)20-27-17-6-5-14(22)11-16(17)19(32)30(20)28-18(31)9-12-7-13(21(24,25)26)10-15(23)8-12/h5-8,10-11H,3-4,9H2,1-2H3,(H,28,31). The fourth-order valence-electron chi connectivity index (χ4n) is 3.23. The molecule has 3 rings (SSSR count). The maximum Gasteiger partial charge on any atom is 0.416 e. The maximum atomic E-state index is 13.7. The van der Waals surface area contributed by atoms with Gasteiger partial charge in [-0.3, -0.25) is 15.0 Å². The summed E-state index contributed by atoms with van der Waals surface area (Å²) in [7, 11) is 0. The molecule has 0 saturated heterocycles. The molecule has 11 heteroatoms. The molecule has 170 valence electrons. The average Bonchev–Trinajstić information content (AvgIpc) is 2.71. The van der Waals surface area contributed by atoms with Crippen LogP contribution in [0.4, 0.5) is 27.9 Å². The van der Waals surface area contributed by atoms with E-state index in [0.717, 1.165) is 22.9 Å². The highest BCUT2D eigenvalue weighted by molar-refractivity contribution is 5.87. The molecule has 0 aliphatic carbocycles. The van der Waals surface area contributed by atoms with Crippen LogP contribution >= 0.6 is 0 Å². The molecule has 1 amide bonds. The van der Waals surface area contributed by atoms with Crippen LogP contribution in [-0.2, 0) is 17.4 Å². The number of halogens is 5. The number of benzene rings is 2. The van der Waals surface area contributed by atoms with Gasteiger partial charge >= 0.3 is 6.18 Å². The van der Waals surface area contributed by atoms with E-state index >= 15 is 0 Å². The third-order valence-corrected chi connectivity index (χ3v) is 4.74. The van der Waals surface area contributed by atoms with Crippen molar-refractivity contribution in [2.75, 3.05) is 23.4 Å². The molecule has 32 heavy (non-hydrogen) atoms. The van der Waals surface area contributed by atoms with E-state index in [0.29, 0.717) is 25.2 Å². The van der Waals surface area contributed by atoms with Gasteiger partial charge in [0, 0.05) is 13.1 Å². The van der Waals surface area contributed by atoms with Crippen LogP contribution < -0.4 is 15.9 Å². The van der Waals surface area contributed by atoms with E-state index in [1.807, 2.05) is 0 Å². The van der Waals surface area contributed by atoms with Gasteiger partial charge in [-0.05, 0) is 55.8 Å². The van der Waals surface area contributed by atoms with E-state index < -0.39 is 41.3 Å². The van der Waals surface area contributed by atoms with Crippen molar-refractivity contribution in [1.29, 1.82) is 0 Å². The van der Waals surface area contributed by atoms with E-state index in [1.165, 1.54) is 6.07 Å². The predicted octanol–water partition coefficient (Wildman–Crippen LogP) is 3.85. The third-order valence-electron chi connectivity index (χ3n) is 4.74. The minimum absolute atomic E-state index is 0.0719. The van der Waals surface area contributed by atoms with Crippen molar-refractivity contribution in [3.63, 3.8) is 0 Å². The molecule has 0 unspecified atom stereocenters. The van der Waals surface area contributed by atoms with Gasteiger partial charge in [0.2, 0.25) is 11.9 Å². The number of aromatic nitrogens is 2. The minimum Gasteiger partial charge on any atom is -0.341 e. The van der Waals surface area contributed by atoms with Gasteiger partial charge in [0.25, 0.3) is 5.56 Å². The van der Waals surface area contributed by atoms with E-state index in [4.69, 9.17) is 0 Å². The molecule has 1 aromatic heterocycles. The zero-order valence-electron chi connectivity index (χ0n) is 17.1. The first-order valence-corrected chi connectivity index (χ1v) is 9.67. The number of amides is 1. The Kier molecular flexibility index (Phi) is 6.47. The summed E-state index contributed by atoms with van der Waals surface area (Å²) in [6.07, 6.45) is -5.42. The minimum atomic E-state index is -4.79. The Labute approximate surface area is 179 Å². The topological polar surface area (TPSA) is 67.2 Å². The highest BCUT2D eigenvalue weighted by Crippen LogP contribution is 2.30. The second-order valence-electron chi connectivity index (χ2n) is 6.94. The summed E-state index contributed by atoms with van der Waals surface area (Å²) in [4.78, 5) is 31.5. The van der Waals surface area contributed by atoms with Crippen molar-refractivity contribution >= 4 is 22.8 Å². The van der Waals surface area contributed by atoms with E-state index in [-0.39, 0.29) is 22.4 Å². The summed E-state index contributed by atoms with van der Waals surface area (Å²) in [6, 6.07) is 5.23. The van der Waals surface area contributed by atoms with Gasteiger partial charge in [0.1, 0.15) is 11.6 Å². The van der Waals surface area contributed by atoms with Crippen LogP contribution in [0.25, 0.3) is 10.9 Å². The lowest BCUT2D eigenvalue weighted by Crippen LogP contribution is -2.40. The Balaban J connectivity index is 2.01. The zero-order valence-corrected chi connectivity index (χ0v) is 17.1. The number of anilines is 1. The first-order valence-electron chi connectivity index (χ1n) is 9.67. The molecule has 0 fully saturated rings. The molecule has 3 aromatic rings. The summed E-state index contributed by atoms with van der Waals surface area (Å²) in [5, 5.41) is -0.0914. The van der Waals surface area contributed by atoms with Gasteiger partial charge in [0.05, 0.1) is 22.9 Å². The molecule has 0 saturated carbocycles. The Morgan fingerprint density at radius 1 is 1.06 bits per heavy atom. The lowest BCUT2D eigenvalue weighted by atomic mass is 10.1. The Hall–Kier alpha value is -3.50. The Morgan fingerprint density at radius 3 is 2.38 bits per heavy atom. The van der Waals surface area contributed by atoms with Gasteiger partial charge in [-0.25, -0.2) is 13.8 Å². The van der Waals surface area contributed by atoms with Gasteiger partial charge in [-0.15, -0.1) is 0 Å². The molecular formula is C21H19F5N4O2. The largest absolute Gasteiger partial charge is 0.416 e. The average molecular weight is 454 g/mol. The van der Waals surface area contributed by atoms with Crippen LogP contribution in [0.1, 0.15) is 25.0 Å². The number of nitrogens with one attached hydrogen (secondary N) is 1. The summed E-state index contributed by atoms with van der Waals surface area (Å²) < 4.78 is 66.9. The number of nitrogens with zero attached hydrogens (tertiary/aromatic N) is 3. The Morgan fingerprint density at radius 2 is 1.75 bits per heavy atom. The molecule has 6 nitrogen and oxygen atoms in total. The van der Waals surface area contributed by atoms with Gasteiger partial charge < -0.3 is 4.90 Å². The molecule has 1 N–H and O–H groups in total. The Bertz CT molecular complexity index is 1220. The predicted molar refractivity (Wildman–Crippen MR) is 109 cm³/mol. The number of carbonyl (C=O) groups is 1. The van der Waals surface area contributed by atoms with Crippen LogP contribution in [0.3, 0.4) is 0 Å². The van der Waals surface area contributed by atoms with Gasteiger partial charge in [-0.2, -0.15) is 17.8 Å². The van der Waals surface area contributed by atoms with Crippen molar-refractivity contribution in [2.45, 2.75) is 26.4 Å². The van der Waals surface area contributed by atoms with Crippen molar-refractivity contribution in [2.24, 2.45) is 0 Å². The smallest absolute Gasteiger partial charge is 0.341 e. The van der Waals surface area contributed by atoms with E-state index in [1.54, 1.807) is 18.7 Å². The van der Waals surface area contributed by atoms with Crippen molar-refractivity contribution in [3.8, 4) is 0 Å². The summed E-state index contributed by atoms with van der Waals surface area (Å²) in [5.74, 6) is -2.63. The second kappa shape index (κ2) is 8.93. The molecule has 0 spiro atoms. The normalized spacial score (nSPS) is 11.6. The van der Waals surface area contributed by atoms with Crippen molar-refractivity contribution in [3.05, 3.63) is 69.5 Å². The molecule has 0 bridgehead atoms. The lowest BCUT2D eigenvalue weighted by molar-refractivity contribution is -0.137. The van der Waals surface area contributed by atoms with Gasteiger partial charge in [-0.1, -0.05) is 0 Å². The number of carbonyl (C=O) groups excluding carboxylic acids is 1. The van der Waals surface area contributed by atoms with Crippen LogP contribution in [0.5, 0.6) is 0 Å². The highest BCUT2D eigenvalue weighted by Gasteiger charge is 2.31. The van der Waals surface area contributed by atoms with Crippen molar-refractivity contribution in [1.82, 2.24) is 9.66 Å². The molecule has 0 aliphatic heterocycles. The first kappa shape index (κ1) is 23.2. The highest BCUT2D eigenvalue weighted by atomic mass is 19.4. The lowest BCUT2D eigenvalue weighted by Gasteiger charge is -2.24. The molecule has 0 radical (unpaired) electrons. The monoisotopic (exact) mass is 454 g/mol. The summed E-state index contributed by atoms with van der Waals surface area (Å²) in [5.41, 5.74) is 0.287. The van der Waals surface area contributed by atoms with Gasteiger partial charge in [0.15, 0.2) is 0 Å². The summed E-state index contributed by atoms with van der Waals surface area (Å²) >= 11 is 0. The van der Waals surface area contributed by atoms with E-state index in [2.05, 4.69) is 10.4 Å². The third kappa shape index (κ3) is 4.87. The second-order valence-corrected chi connectivity index (χ2v) is 6.94. The zero-order chi connectivity index (χ0) is 23.6. The summed E-state index contributed by atoms with van der Waals surface area (Å²) in [6.45, 7) is 4.43. The van der Waals surface area contributed by atoms with Crippen LogP contribution in [0, 0.1) is 11.6 Å². The fraction of sp³-hybridized carbons (Fsp3) is 0.286. The molecule has 0 atom stereocenters. The molecule has 1 heterocycles. The van der Waals surface area contributed by atoms with Crippen LogP contribution in [0.15, 0.2) is 41.2 Å². The number of hydrogen-bond acceptors (Lipinski definition) is 4. The number of hydrogen-bond donors (Lipinski definition) is 1. The van der Waals surface area contributed by atoms with Crippen molar-refractivity contribution < 1.29 is 26.7 Å². The molecule has 2 aromatic carbocycles. The quantitative estimate of drug-likeness (QED) is 0.575. The SMILES string of the molecule is CCN(CC)c1nc2ccc(F)cc2c(=O)n1NC(=O)Cc1cc(F)cc(C(F)(F)F)c1. The fourth-order valence-corrected chi connectivity index (χ4v) is 3.23. The van der Waals surface area contributed by atoms with Crippen LogP contribution in [-0.4, -0.2) is 28.7 Å². The number of fused-ring (bicyclic) bond motifs is 1. The molecular weight excluding hydrogens is 435 g/mol. The number of alkyl halides is 3.